The summed E-state index contributed by atoms with van der Waals surface area (Å²) in [7, 11) is -2.31. The Bertz CT molecular complexity index is 976. The van der Waals surface area contributed by atoms with Gasteiger partial charge in [0.2, 0.25) is 0 Å². The van der Waals surface area contributed by atoms with E-state index in [1.54, 1.807) is 0 Å². The van der Waals surface area contributed by atoms with Crippen molar-refractivity contribution in [1.82, 2.24) is 14.6 Å². The molecule has 0 radical (unpaired) electrons. The number of hydrogen-bond acceptors (Lipinski definition) is 7. The van der Waals surface area contributed by atoms with Gasteiger partial charge in [-0.15, -0.1) is 0 Å². The van der Waals surface area contributed by atoms with Crippen LogP contribution in [0.25, 0.3) is 11.8 Å². The van der Waals surface area contributed by atoms with E-state index < -0.39 is 28.1 Å². The van der Waals surface area contributed by atoms with Crippen molar-refractivity contribution in [2.45, 2.75) is 19.5 Å². The molecule has 8 nitrogen and oxygen atoms in total. The number of nitrogens with zero attached hydrogens (tertiary/aromatic N) is 4. The first kappa shape index (κ1) is 19.5. The summed E-state index contributed by atoms with van der Waals surface area (Å²) >= 11 is 0. The second-order valence-corrected chi connectivity index (χ2v) is 8.34. The normalized spacial score (nSPS) is 18.1. The molecular weight excluding hydrogens is 389 g/mol. The first-order chi connectivity index (χ1) is 12.5. The van der Waals surface area contributed by atoms with E-state index in [1.807, 2.05) is 0 Å². The van der Waals surface area contributed by atoms with Crippen LogP contribution >= 0.6 is 0 Å². The summed E-state index contributed by atoms with van der Waals surface area (Å²) in [5.74, 6) is -0.346. The van der Waals surface area contributed by atoms with Crippen molar-refractivity contribution >= 4 is 27.4 Å². The minimum absolute atomic E-state index is 0.00652. The lowest BCUT2D eigenvalue weighted by Gasteiger charge is -2.26. The lowest BCUT2D eigenvalue weighted by Crippen LogP contribution is -2.32. The SMILES string of the molecule is CCS(=O)(=O)C1=C(c2nc3c(n2C)N(O)CC(C(F)(F)F)=C3)N(O)C=CC1. The molecule has 2 aliphatic rings. The number of hydroxylamine groups is 3. The summed E-state index contributed by atoms with van der Waals surface area (Å²) in [4.78, 5) is 3.96. The van der Waals surface area contributed by atoms with Gasteiger partial charge in [0.15, 0.2) is 21.5 Å². The van der Waals surface area contributed by atoms with Crippen molar-refractivity contribution < 1.29 is 32.0 Å². The molecule has 0 spiro atoms. The second kappa shape index (κ2) is 6.39. The highest BCUT2D eigenvalue weighted by molar-refractivity contribution is 7.95. The highest BCUT2D eigenvalue weighted by atomic mass is 32.2. The van der Waals surface area contributed by atoms with Crippen LogP contribution in [0.5, 0.6) is 0 Å². The molecule has 148 valence electrons. The number of hydrogen-bond donors (Lipinski definition) is 2. The lowest BCUT2D eigenvalue weighted by molar-refractivity contribution is -0.0929. The molecule has 0 aliphatic carbocycles. The van der Waals surface area contributed by atoms with Gasteiger partial charge in [-0.25, -0.2) is 23.5 Å². The van der Waals surface area contributed by atoms with Gasteiger partial charge in [0.25, 0.3) is 0 Å². The molecule has 27 heavy (non-hydrogen) atoms. The quantitative estimate of drug-likeness (QED) is 0.795. The number of fused-ring (bicyclic) bond motifs is 1. The van der Waals surface area contributed by atoms with Gasteiger partial charge < -0.3 is 4.57 Å². The van der Waals surface area contributed by atoms with Crippen LogP contribution in [0.4, 0.5) is 19.0 Å². The standard InChI is InChI=1S/C15H17F3N4O4S/c1-3-27(25,26)11-5-4-6-21(23)12(11)13-19-10-7-9(15(16,17)18)8-22(24)14(10)20(13)2/h4,6-7,23-24H,3,5,8H2,1-2H3. The average Bonchev–Trinajstić information content (AvgIpc) is 2.90. The Morgan fingerprint density at radius 1 is 1.30 bits per heavy atom. The third-order valence-electron chi connectivity index (χ3n) is 4.34. The fourth-order valence-corrected chi connectivity index (χ4v) is 4.16. The minimum Gasteiger partial charge on any atom is -0.310 e. The Morgan fingerprint density at radius 3 is 2.56 bits per heavy atom. The van der Waals surface area contributed by atoms with Gasteiger partial charge in [0.05, 0.1) is 22.8 Å². The van der Waals surface area contributed by atoms with Crippen molar-refractivity contribution in [3.05, 3.63) is 34.3 Å². The molecule has 0 amide bonds. The van der Waals surface area contributed by atoms with Gasteiger partial charge >= 0.3 is 6.18 Å². The Balaban J connectivity index is 2.24. The molecule has 2 aliphatic heterocycles. The maximum atomic E-state index is 13.0. The Labute approximate surface area is 153 Å². The van der Waals surface area contributed by atoms with Crippen molar-refractivity contribution in [3.8, 4) is 0 Å². The molecule has 2 N–H and O–H groups in total. The lowest BCUT2D eigenvalue weighted by atomic mass is 10.1. The summed E-state index contributed by atoms with van der Waals surface area (Å²) in [5, 5.41) is 21.2. The third kappa shape index (κ3) is 3.24. The van der Waals surface area contributed by atoms with E-state index in [9.17, 15) is 32.0 Å². The van der Waals surface area contributed by atoms with Crippen molar-refractivity contribution in [1.29, 1.82) is 0 Å². The molecule has 12 heteroatoms. The van der Waals surface area contributed by atoms with E-state index in [2.05, 4.69) is 4.98 Å². The molecule has 0 fully saturated rings. The van der Waals surface area contributed by atoms with Crippen molar-refractivity contribution in [2.24, 2.45) is 7.05 Å². The molecule has 0 unspecified atom stereocenters. The van der Waals surface area contributed by atoms with Crippen LogP contribution in [0, 0.1) is 0 Å². The van der Waals surface area contributed by atoms with Crippen molar-refractivity contribution in [2.75, 3.05) is 17.4 Å². The molecule has 3 heterocycles. The third-order valence-corrected chi connectivity index (χ3v) is 6.21. The monoisotopic (exact) mass is 406 g/mol. The predicted octanol–water partition coefficient (Wildman–Crippen LogP) is 2.29. The Hall–Kier alpha value is -2.31. The first-order valence-electron chi connectivity index (χ1n) is 7.89. The molecule has 3 rings (SSSR count). The number of aromatic nitrogens is 2. The molecule has 0 saturated heterocycles. The highest BCUT2D eigenvalue weighted by Gasteiger charge is 2.39. The molecule has 1 aromatic rings. The predicted molar refractivity (Wildman–Crippen MR) is 90.1 cm³/mol. The maximum Gasteiger partial charge on any atom is 0.414 e. The van der Waals surface area contributed by atoms with Crippen LogP contribution in [-0.2, 0) is 16.9 Å². The van der Waals surface area contributed by atoms with Crippen LogP contribution < -0.4 is 5.06 Å². The van der Waals surface area contributed by atoms with E-state index in [0.29, 0.717) is 10.1 Å². The fourth-order valence-electron chi connectivity index (χ4n) is 2.98. The molecule has 0 atom stereocenters. The minimum atomic E-state index is -4.65. The summed E-state index contributed by atoms with van der Waals surface area (Å²) in [6.45, 7) is 0.647. The van der Waals surface area contributed by atoms with Gasteiger partial charge in [0.1, 0.15) is 11.4 Å². The molecule has 0 saturated carbocycles. The summed E-state index contributed by atoms with van der Waals surface area (Å²) < 4.78 is 65.1. The molecule has 0 bridgehead atoms. The first-order valence-corrected chi connectivity index (χ1v) is 9.54. The topological polar surface area (TPSA) is 98.9 Å². The largest absolute Gasteiger partial charge is 0.414 e. The van der Waals surface area contributed by atoms with Gasteiger partial charge in [-0.1, -0.05) is 13.0 Å². The van der Waals surface area contributed by atoms with Crippen LogP contribution in [0.1, 0.15) is 24.9 Å². The second-order valence-electron chi connectivity index (χ2n) is 6.04. The molecular formula is C15H17F3N4O4S. The fraction of sp³-hybridized carbons (Fsp3) is 0.400. The van der Waals surface area contributed by atoms with E-state index in [4.69, 9.17) is 0 Å². The summed E-state index contributed by atoms with van der Waals surface area (Å²) in [6.07, 6.45) is -1.18. The molecule has 0 aromatic carbocycles. The smallest absolute Gasteiger partial charge is 0.310 e. The van der Waals surface area contributed by atoms with E-state index in [0.717, 1.165) is 6.08 Å². The number of halogens is 3. The van der Waals surface area contributed by atoms with Crippen LogP contribution in [0.2, 0.25) is 0 Å². The van der Waals surface area contributed by atoms with Gasteiger partial charge in [-0.3, -0.25) is 10.4 Å². The summed E-state index contributed by atoms with van der Waals surface area (Å²) in [6, 6.07) is 0. The number of anilines is 1. The number of imidazole rings is 1. The number of rotatable bonds is 3. The van der Waals surface area contributed by atoms with Crippen LogP contribution in [-0.4, -0.2) is 51.9 Å². The number of allylic oxidation sites excluding steroid dienone is 2. The van der Waals surface area contributed by atoms with Gasteiger partial charge in [-0.05, 0) is 6.08 Å². The van der Waals surface area contributed by atoms with E-state index in [-0.39, 0.29) is 40.1 Å². The molecule has 1 aromatic heterocycles. The number of sulfone groups is 1. The van der Waals surface area contributed by atoms with Crippen LogP contribution in [0.3, 0.4) is 0 Å². The Kier molecular flexibility index (Phi) is 4.60. The zero-order valence-corrected chi connectivity index (χ0v) is 15.2. The Morgan fingerprint density at radius 2 is 1.96 bits per heavy atom. The van der Waals surface area contributed by atoms with Gasteiger partial charge in [-0.2, -0.15) is 13.2 Å². The maximum absolute atomic E-state index is 13.0. The highest BCUT2D eigenvalue weighted by Crippen LogP contribution is 2.38. The zero-order valence-electron chi connectivity index (χ0n) is 14.4. The zero-order chi connectivity index (χ0) is 20.1. The van der Waals surface area contributed by atoms with Crippen molar-refractivity contribution in [3.63, 3.8) is 0 Å². The van der Waals surface area contributed by atoms with E-state index in [1.165, 1.54) is 30.8 Å². The average molecular weight is 406 g/mol. The van der Waals surface area contributed by atoms with E-state index >= 15 is 0 Å². The van der Waals surface area contributed by atoms with Crippen LogP contribution in [0.15, 0.2) is 22.8 Å². The van der Waals surface area contributed by atoms with Gasteiger partial charge in [0, 0.05) is 19.7 Å². The number of alkyl halides is 3. The summed E-state index contributed by atoms with van der Waals surface area (Å²) in [5.41, 5.74) is -1.34.